The number of aromatic nitrogens is 4. The molecule has 0 radical (unpaired) electrons. The molecular weight excluding hydrogens is 677 g/mol. The molecule has 0 unspecified atom stereocenters. The average molecular weight is 713 g/mol. The van der Waals surface area contributed by atoms with Crippen LogP contribution >= 0.6 is 22.7 Å². The van der Waals surface area contributed by atoms with Crippen molar-refractivity contribution in [1.82, 2.24) is 19.9 Å². The van der Waals surface area contributed by atoms with Gasteiger partial charge in [-0.1, -0.05) is 112 Å². The molecule has 0 N–H and O–H groups in total. The van der Waals surface area contributed by atoms with Gasteiger partial charge in [0.25, 0.3) is 0 Å². The van der Waals surface area contributed by atoms with Gasteiger partial charge in [-0.2, -0.15) is 0 Å². The van der Waals surface area contributed by atoms with E-state index in [-0.39, 0.29) is 5.78 Å². The summed E-state index contributed by atoms with van der Waals surface area (Å²) in [5, 5.41) is 0. The van der Waals surface area contributed by atoms with Crippen molar-refractivity contribution < 1.29 is 4.79 Å². The molecule has 7 heteroatoms. The molecule has 254 valence electrons. The van der Waals surface area contributed by atoms with Crippen molar-refractivity contribution in [2.24, 2.45) is 0 Å². The molecular formula is C45H36N4OS2. The second-order valence-electron chi connectivity index (χ2n) is 14.3. The normalized spacial score (nSPS) is 12.4. The zero-order chi connectivity index (χ0) is 35.8. The highest BCUT2D eigenvalue weighted by molar-refractivity contribution is 7.16. The highest BCUT2D eigenvalue weighted by Gasteiger charge is 2.33. The number of fused-ring (bicyclic) bond motifs is 5. The molecule has 0 atom stereocenters. The third-order valence-corrected chi connectivity index (χ3v) is 12.7. The van der Waals surface area contributed by atoms with Gasteiger partial charge in [-0.15, -0.1) is 22.7 Å². The van der Waals surface area contributed by atoms with Gasteiger partial charge in [0.2, 0.25) is 5.78 Å². The summed E-state index contributed by atoms with van der Waals surface area (Å²) in [6.45, 7) is 13.1. The fourth-order valence-corrected chi connectivity index (χ4v) is 9.16. The SMILES string of the molecule is Cc1ccc(-c2nc3c(-c4ccc(C(C)C)s4)c4nc5c(nc4c(-c4ccc(C(C)C)s4)c3nc2-c2ccc(C)cc2)-c2ccccc2C5=O)cc1. The van der Waals surface area contributed by atoms with E-state index < -0.39 is 0 Å². The van der Waals surface area contributed by atoms with E-state index in [0.29, 0.717) is 34.3 Å². The maximum atomic E-state index is 13.9. The lowest BCUT2D eigenvalue weighted by atomic mass is 9.97. The number of rotatable bonds is 6. The van der Waals surface area contributed by atoms with Crippen LogP contribution in [0.4, 0.5) is 0 Å². The van der Waals surface area contributed by atoms with Gasteiger partial charge in [0, 0.05) is 52.9 Å². The van der Waals surface area contributed by atoms with Gasteiger partial charge in [0.05, 0.1) is 11.4 Å². The van der Waals surface area contributed by atoms with Gasteiger partial charge in [0.1, 0.15) is 33.5 Å². The lowest BCUT2D eigenvalue weighted by Crippen LogP contribution is -2.04. The first-order valence-electron chi connectivity index (χ1n) is 17.7. The summed E-state index contributed by atoms with van der Waals surface area (Å²) in [7, 11) is 0. The summed E-state index contributed by atoms with van der Waals surface area (Å²) in [6.07, 6.45) is 0. The van der Waals surface area contributed by atoms with E-state index in [4.69, 9.17) is 19.9 Å². The number of carbonyl (C=O) groups excluding carboxylic acids is 1. The van der Waals surface area contributed by atoms with E-state index in [0.717, 1.165) is 65.5 Å². The Morgan fingerprint density at radius 2 is 0.865 bits per heavy atom. The number of benzene rings is 4. The van der Waals surface area contributed by atoms with E-state index in [1.807, 2.05) is 24.3 Å². The first-order valence-corrected chi connectivity index (χ1v) is 19.4. The summed E-state index contributed by atoms with van der Waals surface area (Å²) in [6, 6.07) is 33.5. The lowest BCUT2D eigenvalue weighted by Gasteiger charge is -2.18. The molecule has 1 aliphatic rings. The molecule has 8 aromatic rings. The molecule has 0 bridgehead atoms. The Morgan fingerprint density at radius 3 is 1.29 bits per heavy atom. The van der Waals surface area contributed by atoms with Crippen molar-refractivity contribution in [3.8, 4) is 54.7 Å². The first kappa shape index (κ1) is 32.5. The molecule has 4 heterocycles. The predicted molar refractivity (Wildman–Crippen MR) is 217 cm³/mol. The number of ketones is 1. The van der Waals surface area contributed by atoms with Gasteiger partial charge in [-0.05, 0) is 49.9 Å². The molecule has 0 saturated carbocycles. The average Bonchev–Trinajstić information content (AvgIpc) is 3.90. The summed E-state index contributed by atoms with van der Waals surface area (Å²) in [4.78, 5) is 40.6. The van der Waals surface area contributed by atoms with Crippen LogP contribution in [0.1, 0.15) is 76.5 Å². The van der Waals surface area contributed by atoms with Crippen LogP contribution in [0.5, 0.6) is 0 Å². The molecule has 1 aliphatic carbocycles. The van der Waals surface area contributed by atoms with Gasteiger partial charge in [0.15, 0.2) is 0 Å². The molecule has 0 spiro atoms. The molecule has 0 fully saturated rings. The Balaban J connectivity index is 1.49. The Kier molecular flexibility index (Phi) is 7.75. The monoisotopic (exact) mass is 712 g/mol. The van der Waals surface area contributed by atoms with Gasteiger partial charge in [-0.3, -0.25) is 4.79 Å². The van der Waals surface area contributed by atoms with Crippen molar-refractivity contribution in [2.75, 3.05) is 0 Å². The standard InChI is InChI=1S/C45H36N4OS2/c1-23(2)31-19-21-33(51-31)35-40-41(47-38(28-17-13-26(6)14-18-28)37(46-40)27-15-11-25(5)12-16-27)36(34-22-20-32(52-34)24(3)4)43-42(35)48-39-29-9-7-8-10-30(29)45(50)44(39)49-43/h7-24H,1-6H3. The maximum Gasteiger partial charge on any atom is 0.214 e. The third kappa shape index (κ3) is 5.22. The zero-order valence-electron chi connectivity index (χ0n) is 29.9. The van der Waals surface area contributed by atoms with Crippen LogP contribution in [0.25, 0.3) is 76.7 Å². The first-order chi connectivity index (χ1) is 25.2. The number of aryl methyl sites for hydroxylation is 2. The predicted octanol–water partition coefficient (Wildman–Crippen LogP) is 12.4. The number of carbonyl (C=O) groups is 1. The summed E-state index contributed by atoms with van der Waals surface area (Å²) in [5.74, 6) is 0.615. The summed E-state index contributed by atoms with van der Waals surface area (Å²) >= 11 is 3.50. The molecule has 0 aliphatic heterocycles. The number of thiophene rings is 2. The number of hydrogen-bond donors (Lipinski definition) is 0. The topological polar surface area (TPSA) is 68.6 Å². The quantitative estimate of drug-likeness (QED) is 0.161. The minimum atomic E-state index is -0.0963. The second-order valence-corrected chi connectivity index (χ2v) is 16.5. The van der Waals surface area contributed by atoms with E-state index in [2.05, 4.69) is 114 Å². The van der Waals surface area contributed by atoms with Gasteiger partial charge >= 0.3 is 0 Å². The van der Waals surface area contributed by atoms with Gasteiger partial charge in [-0.25, -0.2) is 19.9 Å². The zero-order valence-corrected chi connectivity index (χ0v) is 31.5. The van der Waals surface area contributed by atoms with Crippen LogP contribution in [0, 0.1) is 13.8 Å². The Morgan fingerprint density at radius 1 is 0.462 bits per heavy atom. The fraction of sp³-hybridized carbons (Fsp3) is 0.178. The second kappa shape index (κ2) is 12.4. The van der Waals surface area contributed by atoms with Crippen molar-refractivity contribution in [3.63, 3.8) is 0 Å². The Hall–Kier alpha value is -5.37. The van der Waals surface area contributed by atoms with Crippen molar-refractivity contribution in [2.45, 2.75) is 53.4 Å². The maximum absolute atomic E-state index is 13.9. The van der Waals surface area contributed by atoms with Crippen LogP contribution in [-0.4, -0.2) is 25.7 Å². The van der Waals surface area contributed by atoms with Crippen LogP contribution in [0.2, 0.25) is 0 Å². The van der Waals surface area contributed by atoms with E-state index in [1.54, 1.807) is 22.7 Å². The van der Waals surface area contributed by atoms with Crippen LogP contribution < -0.4 is 0 Å². The molecule has 52 heavy (non-hydrogen) atoms. The third-order valence-electron chi connectivity index (χ3n) is 9.92. The molecule has 5 nitrogen and oxygen atoms in total. The van der Waals surface area contributed by atoms with E-state index >= 15 is 0 Å². The summed E-state index contributed by atoms with van der Waals surface area (Å²) in [5.41, 5.74) is 13.1. The minimum Gasteiger partial charge on any atom is -0.287 e. The molecule has 0 amide bonds. The Bertz CT molecular complexity index is 2720. The molecule has 0 saturated heterocycles. The smallest absolute Gasteiger partial charge is 0.214 e. The van der Waals surface area contributed by atoms with Crippen LogP contribution in [0.3, 0.4) is 0 Å². The van der Waals surface area contributed by atoms with E-state index in [9.17, 15) is 4.79 Å². The van der Waals surface area contributed by atoms with Crippen molar-refractivity contribution in [1.29, 1.82) is 0 Å². The minimum absolute atomic E-state index is 0.0963. The summed E-state index contributed by atoms with van der Waals surface area (Å²) < 4.78 is 0. The molecule has 4 aromatic heterocycles. The van der Waals surface area contributed by atoms with Crippen molar-refractivity contribution in [3.05, 3.63) is 129 Å². The molecule has 4 aromatic carbocycles. The van der Waals surface area contributed by atoms with E-state index in [1.165, 1.54) is 20.9 Å². The molecule has 9 rings (SSSR count). The lowest BCUT2D eigenvalue weighted by molar-refractivity contribution is 0.103. The Labute approximate surface area is 311 Å². The van der Waals surface area contributed by atoms with Crippen LogP contribution in [0.15, 0.2) is 97.1 Å². The highest BCUT2D eigenvalue weighted by Crippen LogP contribution is 2.48. The van der Waals surface area contributed by atoms with Crippen molar-refractivity contribution >= 4 is 50.5 Å². The highest BCUT2D eigenvalue weighted by atomic mass is 32.1. The van der Waals surface area contributed by atoms with Gasteiger partial charge < -0.3 is 0 Å². The number of nitrogens with zero attached hydrogens (tertiary/aromatic N) is 4. The largest absolute Gasteiger partial charge is 0.287 e. The fourth-order valence-electron chi connectivity index (χ4n) is 7.04. The van der Waals surface area contributed by atoms with Crippen LogP contribution in [-0.2, 0) is 0 Å². The number of hydrogen-bond acceptors (Lipinski definition) is 7.